The van der Waals surface area contributed by atoms with Gasteiger partial charge in [0.25, 0.3) is 0 Å². The predicted octanol–water partition coefficient (Wildman–Crippen LogP) is 2.46. The molecule has 0 saturated heterocycles. The second-order valence-corrected chi connectivity index (χ2v) is 4.88. The summed E-state index contributed by atoms with van der Waals surface area (Å²) in [6, 6.07) is 5.42. The highest BCUT2D eigenvalue weighted by atomic mass is 35.5. The van der Waals surface area contributed by atoms with Crippen molar-refractivity contribution in [3.05, 3.63) is 34.5 Å². The molecule has 1 aliphatic heterocycles. The molecular formula is C14H14ClN3O2. The molecule has 20 heavy (non-hydrogen) atoms. The Balaban J connectivity index is 2.18. The first-order chi connectivity index (χ1) is 9.70. The predicted molar refractivity (Wildman–Crippen MR) is 76.8 cm³/mol. The molecule has 3 rings (SSSR count). The van der Waals surface area contributed by atoms with Crippen molar-refractivity contribution >= 4 is 17.4 Å². The van der Waals surface area contributed by atoms with Gasteiger partial charge in [-0.15, -0.1) is 0 Å². The van der Waals surface area contributed by atoms with E-state index in [1.54, 1.807) is 13.2 Å². The third kappa shape index (κ3) is 2.19. The molecule has 1 aromatic heterocycles. The molecule has 1 aromatic carbocycles. The molecule has 0 atom stereocenters. The number of benzene rings is 1. The minimum atomic E-state index is 0.437. The molecule has 0 bridgehead atoms. The monoisotopic (exact) mass is 291 g/mol. The van der Waals surface area contributed by atoms with Crippen molar-refractivity contribution in [3.8, 4) is 17.1 Å². The second kappa shape index (κ2) is 5.26. The molecular weight excluding hydrogens is 278 g/mol. The number of nitrogens with zero attached hydrogens (tertiary/aromatic N) is 2. The Morgan fingerprint density at radius 1 is 1.35 bits per heavy atom. The molecule has 2 N–H and O–H groups in total. The molecule has 0 unspecified atom stereocenters. The largest absolute Gasteiger partial charge is 0.496 e. The van der Waals surface area contributed by atoms with Crippen LogP contribution in [-0.2, 0) is 17.8 Å². The van der Waals surface area contributed by atoms with E-state index in [0.29, 0.717) is 41.2 Å². The molecule has 1 aliphatic rings. The van der Waals surface area contributed by atoms with Gasteiger partial charge in [-0.2, -0.15) is 0 Å². The van der Waals surface area contributed by atoms with Gasteiger partial charge < -0.3 is 15.2 Å². The smallest absolute Gasteiger partial charge is 0.167 e. The highest BCUT2D eigenvalue weighted by molar-refractivity contribution is 6.33. The number of nitrogens with two attached hydrogens (primary N) is 1. The Hall–Kier alpha value is -1.85. The van der Waals surface area contributed by atoms with Crippen molar-refractivity contribution in [2.45, 2.75) is 13.0 Å². The zero-order chi connectivity index (χ0) is 14.1. The standard InChI is InChI=1S/C14H14ClN3O2/c1-19-11-4-2-3-9(15)12(11)14-17-10-5-6-20-7-8(10)13(16)18-14/h2-4H,5-7H2,1H3,(H2,16,17,18). The number of methoxy groups -OCH3 is 1. The number of halogens is 1. The highest BCUT2D eigenvalue weighted by Gasteiger charge is 2.20. The minimum absolute atomic E-state index is 0.437. The average molecular weight is 292 g/mol. The van der Waals surface area contributed by atoms with E-state index >= 15 is 0 Å². The molecule has 0 saturated carbocycles. The van der Waals surface area contributed by atoms with Crippen molar-refractivity contribution in [2.75, 3.05) is 19.5 Å². The first kappa shape index (κ1) is 13.1. The molecule has 0 fully saturated rings. The molecule has 0 radical (unpaired) electrons. The van der Waals surface area contributed by atoms with Crippen LogP contribution in [0, 0.1) is 0 Å². The summed E-state index contributed by atoms with van der Waals surface area (Å²) in [5.74, 6) is 1.56. The van der Waals surface area contributed by atoms with Gasteiger partial charge in [-0.25, -0.2) is 9.97 Å². The maximum Gasteiger partial charge on any atom is 0.167 e. The van der Waals surface area contributed by atoms with Crippen molar-refractivity contribution in [3.63, 3.8) is 0 Å². The van der Waals surface area contributed by atoms with Crippen LogP contribution in [0.4, 0.5) is 5.82 Å². The summed E-state index contributed by atoms with van der Waals surface area (Å²) in [4.78, 5) is 8.93. The SMILES string of the molecule is COc1cccc(Cl)c1-c1nc(N)c2c(n1)CCOC2. The van der Waals surface area contributed by atoms with Gasteiger partial charge in [0.05, 0.1) is 36.6 Å². The van der Waals surface area contributed by atoms with E-state index in [0.717, 1.165) is 17.7 Å². The van der Waals surface area contributed by atoms with Gasteiger partial charge >= 0.3 is 0 Å². The number of rotatable bonds is 2. The lowest BCUT2D eigenvalue weighted by Crippen LogP contribution is -2.16. The highest BCUT2D eigenvalue weighted by Crippen LogP contribution is 2.35. The molecule has 2 aromatic rings. The summed E-state index contributed by atoms with van der Waals surface area (Å²) in [7, 11) is 1.59. The summed E-state index contributed by atoms with van der Waals surface area (Å²) in [5, 5.41) is 0.538. The van der Waals surface area contributed by atoms with Gasteiger partial charge in [-0.1, -0.05) is 17.7 Å². The van der Waals surface area contributed by atoms with Crippen LogP contribution in [0.15, 0.2) is 18.2 Å². The zero-order valence-corrected chi connectivity index (χ0v) is 11.8. The lowest BCUT2D eigenvalue weighted by Gasteiger charge is -2.18. The van der Waals surface area contributed by atoms with Crippen LogP contribution < -0.4 is 10.5 Å². The summed E-state index contributed by atoms with van der Waals surface area (Å²) in [6.07, 6.45) is 0.724. The van der Waals surface area contributed by atoms with E-state index in [4.69, 9.17) is 26.8 Å². The first-order valence-corrected chi connectivity index (χ1v) is 6.64. The number of nitrogen functional groups attached to an aromatic ring is 1. The fourth-order valence-corrected chi connectivity index (χ4v) is 2.51. The third-order valence-electron chi connectivity index (χ3n) is 3.27. The maximum absolute atomic E-state index is 6.25. The number of ether oxygens (including phenoxy) is 2. The maximum atomic E-state index is 6.25. The number of hydrogen-bond donors (Lipinski definition) is 1. The van der Waals surface area contributed by atoms with Gasteiger partial charge in [0, 0.05) is 12.0 Å². The Kier molecular flexibility index (Phi) is 3.46. The summed E-state index contributed by atoms with van der Waals surface area (Å²) in [6.45, 7) is 1.10. The van der Waals surface area contributed by atoms with Crippen LogP contribution in [0.2, 0.25) is 5.02 Å². The molecule has 6 heteroatoms. The van der Waals surface area contributed by atoms with Crippen LogP contribution in [0.3, 0.4) is 0 Å². The number of fused-ring (bicyclic) bond motifs is 1. The number of anilines is 1. The minimum Gasteiger partial charge on any atom is -0.496 e. The average Bonchev–Trinajstić information content (AvgIpc) is 2.46. The van der Waals surface area contributed by atoms with Crippen molar-refractivity contribution in [2.24, 2.45) is 0 Å². The Morgan fingerprint density at radius 2 is 2.20 bits per heavy atom. The molecule has 104 valence electrons. The van der Waals surface area contributed by atoms with Crippen LogP contribution in [-0.4, -0.2) is 23.7 Å². The molecule has 0 spiro atoms. The quantitative estimate of drug-likeness (QED) is 0.920. The van der Waals surface area contributed by atoms with Gasteiger partial charge in [0.2, 0.25) is 0 Å². The van der Waals surface area contributed by atoms with Gasteiger partial charge in [-0.3, -0.25) is 0 Å². The van der Waals surface area contributed by atoms with Gasteiger partial charge in [-0.05, 0) is 12.1 Å². The Labute approximate surface area is 121 Å². The lowest BCUT2D eigenvalue weighted by molar-refractivity contribution is 0.109. The molecule has 0 aliphatic carbocycles. The zero-order valence-electron chi connectivity index (χ0n) is 11.0. The van der Waals surface area contributed by atoms with Crippen molar-refractivity contribution in [1.82, 2.24) is 9.97 Å². The fraction of sp³-hybridized carbons (Fsp3) is 0.286. The lowest BCUT2D eigenvalue weighted by atomic mass is 10.1. The second-order valence-electron chi connectivity index (χ2n) is 4.48. The fourth-order valence-electron chi connectivity index (χ4n) is 2.26. The number of aromatic nitrogens is 2. The number of hydrogen-bond acceptors (Lipinski definition) is 5. The summed E-state index contributed by atoms with van der Waals surface area (Å²) < 4.78 is 10.7. The third-order valence-corrected chi connectivity index (χ3v) is 3.59. The van der Waals surface area contributed by atoms with Gasteiger partial charge in [0.15, 0.2) is 5.82 Å². The van der Waals surface area contributed by atoms with E-state index in [2.05, 4.69) is 9.97 Å². The molecule has 0 amide bonds. The normalized spacial score (nSPS) is 13.9. The van der Waals surface area contributed by atoms with Gasteiger partial charge in [0.1, 0.15) is 11.6 Å². The van der Waals surface area contributed by atoms with E-state index < -0.39 is 0 Å². The van der Waals surface area contributed by atoms with E-state index in [-0.39, 0.29) is 0 Å². The topological polar surface area (TPSA) is 70.3 Å². The van der Waals surface area contributed by atoms with E-state index in [1.165, 1.54) is 0 Å². The van der Waals surface area contributed by atoms with Crippen LogP contribution >= 0.6 is 11.6 Å². The Bertz CT molecular complexity index is 661. The molecule has 5 nitrogen and oxygen atoms in total. The van der Waals surface area contributed by atoms with E-state index in [1.807, 2.05) is 12.1 Å². The first-order valence-electron chi connectivity index (χ1n) is 6.26. The summed E-state index contributed by atoms with van der Waals surface area (Å²) >= 11 is 6.25. The summed E-state index contributed by atoms with van der Waals surface area (Å²) in [5.41, 5.74) is 8.45. The van der Waals surface area contributed by atoms with E-state index in [9.17, 15) is 0 Å². The molecule has 2 heterocycles. The van der Waals surface area contributed by atoms with Crippen molar-refractivity contribution in [1.29, 1.82) is 0 Å². The van der Waals surface area contributed by atoms with Crippen molar-refractivity contribution < 1.29 is 9.47 Å². The van der Waals surface area contributed by atoms with Crippen LogP contribution in [0.25, 0.3) is 11.4 Å². The van der Waals surface area contributed by atoms with Crippen LogP contribution in [0.5, 0.6) is 5.75 Å². The Morgan fingerprint density at radius 3 is 3.00 bits per heavy atom. The van der Waals surface area contributed by atoms with Crippen LogP contribution in [0.1, 0.15) is 11.3 Å².